The van der Waals surface area contributed by atoms with Gasteiger partial charge in [-0.25, -0.2) is 0 Å². The summed E-state index contributed by atoms with van der Waals surface area (Å²) < 4.78 is 16.3. The van der Waals surface area contributed by atoms with Crippen molar-refractivity contribution in [2.75, 3.05) is 47.0 Å². The maximum Gasteiger partial charge on any atom is 0.227 e. The van der Waals surface area contributed by atoms with Crippen molar-refractivity contribution in [2.45, 2.75) is 19.9 Å². The van der Waals surface area contributed by atoms with Crippen molar-refractivity contribution < 1.29 is 19.0 Å². The fourth-order valence-electron chi connectivity index (χ4n) is 3.60. The summed E-state index contributed by atoms with van der Waals surface area (Å²) in [4.78, 5) is 17.1. The Kier molecular flexibility index (Phi) is 7.36. The van der Waals surface area contributed by atoms with Crippen molar-refractivity contribution in [1.82, 2.24) is 9.80 Å². The Morgan fingerprint density at radius 1 is 0.931 bits per heavy atom. The van der Waals surface area contributed by atoms with E-state index >= 15 is 0 Å². The summed E-state index contributed by atoms with van der Waals surface area (Å²) in [7, 11) is 3.21. The van der Waals surface area contributed by atoms with Crippen molar-refractivity contribution in [1.29, 1.82) is 0 Å². The molecule has 1 aliphatic rings. The van der Waals surface area contributed by atoms with Gasteiger partial charge in [0.1, 0.15) is 5.75 Å². The molecule has 2 aromatic rings. The summed E-state index contributed by atoms with van der Waals surface area (Å²) in [5.41, 5.74) is 2.13. The standard InChI is InChI=1S/C23H30N2O4/c1-4-29-20-8-6-5-7-19(20)17-24-11-13-25(14-12-24)23(26)16-18-9-10-21(27-2)22(15-18)28-3/h5-10,15H,4,11-14,16-17H2,1-3H3. The first kappa shape index (κ1) is 21.0. The molecule has 0 N–H and O–H groups in total. The van der Waals surface area contributed by atoms with Gasteiger partial charge in [-0.15, -0.1) is 0 Å². The van der Waals surface area contributed by atoms with Gasteiger partial charge < -0.3 is 19.1 Å². The SMILES string of the molecule is CCOc1ccccc1CN1CCN(C(=O)Cc2ccc(OC)c(OC)c2)CC1. The highest BCUT2D eigenvalue weighted by atomic mass is 16.5. The van der Waals surface area contributed by atoms with Gasteiger partial charge in [0.15, 0.2) is 11.5 Å². The molecule has 0 spiro atoms. The summed E-state index contributed by atoms with van der Waals surface area (Å²) in [6.45, 7) is 6.70. The number of para-hydroxylation sites is 1. The monoisotopic (exact) mass is 398 g/mol. The zero-order valence-corrected chi connectivity index (χ0v) is 17.5. The largest absolute Gasteiger partial charge is 0.494 e. The topological polar surface area (TPSA) is 51.2 Å². The van der Waals surface area contributed by atoms with Gasteiger partial charge in [0.2, 0.25) is 5.91 Å². The van der Waals surface area contributed by atoms with Crippen LogP contribution < -0.4 is 14.2 Å². The van der Waals surface area contributed by atoms with E-state index in [1.165, 1.54) is 5.56 Å². The molecule has 29 heavy (non-hydrogen) atoms. The van der Waals surface area contributed by atoms with Crippen LogP contribution in [0.15, 0.2) is 42.5 Å². The highest BCUT2D eigenvalue weighted by molar-refractivity contribution is 5.79. The fourth-order valence-corrected chi connectivity index (χ4v) is 3.60. The highest BCUT2D eigenvalue weighted by Crippen LogP contribution is 2.28. The number of hydrogen-bond donors (Lipinski definition) is 0. The normalized spacial score (nSPS) is 14.5. The Hall–Kier alpha value is -2.73. The molecule has 1 saturated heterocycles. The van der Waals surface area contributed by atoms with Crippen LogP contribution >= 0.6 is 0 Å². The smallest absolute Gasteiger partial charge is 0.227 e. The van der Waals surface area contributed by atoms with Gasteiger partial charge in [-0.1, -0.05) is 24.3 Å². The number of rotatable bonds is 8. The Bertz CT molecular complexity index is 816. The molecule has 1 aliphatic heterocycles. The molecule has 6 heteroatoms. The van der Waals surface area contributed by atoms with Crippen LogP contribution in [-0.4, -0.2) is 62.7 Å². The lowest BCUT2D eigenvalue weighted by Gasteiger charge is -2.35. The molecule has 0 radical (unpaired) electrons. The second-order valence-electron chi connectivity index (χ2n) is 7.06. The zero-order valence-electron chi connectivity index (χ0n) is 17.5. The molecule has 3 rings (SSSR count). The molecule has 1 fully saturated rings. The minimum Gasteiger partial charge on any atom is -0.494 e. The van der Waals surface area contributed by atoms with Crippen LogP contribution in [0.4, 0.5) is 0 Å². The van der Waals surface area contributed by atoms with Gasteiger partial charge in [-0.3, -0.25) is 9.69 Å². The summed E-state index contributed by atoms with van der Waals surface area (Å²) >= 11 is 0. The highest BCUT2D eigenvalue weighted by Gasteiger charge is 2.22. The second kappa shape index (κ2) is 10.2. The molecular weight excluding hydrogens is 368 g/mol. The summed E-state index contributed by atoms with van der Waals surface area (Å²) in [6.07, 6.45) is 0.369. The van der Waals surface area contributed by atoms with Crippen LogP contribution in [0.25, 0.3) is 0 Å². The number of ether oxygens (including phenoxy) is 3. The van der Waals surface area contributed by atoms with Crippen LogP contribution in [0.2, 0.25) is 0 Å². The Morgan fingerprint density at radius 2 is 1.66 bits per heavy atom. The maximum absolute atomic E-state index is 12.7. The molecular formula is C23H30N2O4. The molecule has 0 unspecified atom stereocenters. The van der Waals surface area contributed by atoms with Gasteiger partial charge in [-0.2, -0.15) is 0 Å². The first-order valence-corrected chi connectivity index (χ1v) is 10.1. The summed E-state index contributed by atoms with van der Waals surface area (Å²) in [5, 5.41) is 0. The third kappa shape index (κ3) is 5.41. The Balaban J connectivity index is 1.53. The van der Waals surface area contributed by atoms with Crippen LogP contribution in [-0.2, 0) is 17.8 Å². The number of nitrogens with zero attached hydrogens (tertiary/aromatic N) is 2. The zero-order chi connectivity index (χ0) is 20.6. The minimum absolute atomic E-state index is 0.145. The van der Waals surface area contributed by atoms with Crippen LogP contribution in [0.3, 0.4) is 0 Å². The minimum atomic E-state index is 0.145. The lowest BCUT2D eigenvalue weighted by Crippen LogP contribution is -2.48. The number of amides is 1. The van der Waals surface area contributed by atoms with Gasteiger partial charge in [0.25, 0.3) is 0 Å². The number of carbonyl (C=O) groups is 1. The average Bonchev–Trinajstić information content (AvgIpc) is 2.75. The number of piperazine rings is 1. The van der Waals surface area contributed by atoms with Gasteiger partial charge in [-0.05, 0) is 30.7 Å². The molecule has 1 heterocycles. The van der Waals surface area contributed by atoms with E-state index in [0.29, 0.717) is 24.5 Å². The van der Waals surface area contributed by atoms with Crippen molar-refractivity contribution in [3.63, 3.8) is 0 Å². The second-order valence-corrected chi connectivity index (χ2v) is 7.06. The molecule has 1 amide bonds. The predicted octanol–water partition coefficient (Wildman–Crippen LogP) is 2.99. The fraction of sp³-hybridized carbons (Fsp3) is 0.435. The van der Waals surface area contributed by atoms with Crippen LogP contribution in [0.5, 0.6) is 17.2 Å². The molecule has 0 aliphatic carbocycles. The number of benzene rings is 2. The molecule has 0 bridgehead atoms. The molecule has 0 saturated carbocycles. The van der Waals surface area contributed by atoms with E-state index in [0.717, 1.165) is 44.0 Å². The van der Waals surface area contributed by atoms with Gasteiger partial charge >= 0.3 is 0 Å². The van der Waals surface area contributed by atoms with Crippen LogP contribution in [0.1, 0.15) is 18.1 Å². The third-order valence-corrected chi connectivity index (χ3v) is 5.19. The van der Waals surface area contributed by atoms with E-state index in [9.17, 15) is 4.79 Å². The first-order chi connectivity index (χ1) is 14.1. The van der Waals surface area contributed by atoms with E-state index in [1.807, 2.05) is 48.2 Å². The van der Waals surface area contributed by atoms with Crippen molar-refractivity contribution in [2.24, 2.45) is 0 Å². The lowest BCUT2D eigenvalue weighted by atomic mass is 10.1. The van der Waals surface area contributed by atoms with E-state index in [-0.39, 0.29) is 5.91 Å². The average molecular weight is 399 g/mol. The quantitative estimate of drug-likeness (QED) is 0.684. The summed E-state index contributed by atoms with van der Waals surface area (Å²) in [5.74, 6) is 2.41. The van der Waals surface area contributed by atoms with E-state index in [4.69, 9.17) is 14.2 Å². The molecule has 0 atom stereocenters. The number of methoxy groups -OCH3 is 2. The van der Waals surface area contributed by atoms with Crippen molar-refractivity contribution in [3.8, 4) is 17.2 Å². The molecule has 2 aromatic carbocycles. The Labute approximate surface area is 173 Å². The Morgan fingerprint density at radius 3 is 2.34 bits per heavy atom. The van der Waals surface area contributed by atoms with E-state index in [2.05, 4.69) is 11.0 Å². The molecule has 0 aromatic heterocycles. The van der Waals surface area contributed by atoms with Crippen LogP contribution in [0, 0.1) is 0 Å². The lowest BCUT2D eigenvalue weighted by molar-refractivity contribution is -0.132. The number of hydrogen-bond acceptors (Lipinski definition) is 5. The van der Waals surface area contributed by atoms with E-state index in [1.54, 1.807) is 14.2 Å². The predicted molar refractivity (Wildman–Crippen MR) is 113 cm³/mol. The van der Waals surface area contributed by atoms with Crippen molar-refractivity contribution >= 4 is 5.91 Å². The molecule has 6 nitrogen and oxygen atoms in total. The maximum atomic E-state index is 12.7. The third-order valence-electron chi connectivity index (χ3n) is 5.19. The van der Waals surface area contributed by atoms with Gasteiger partial charge in [0.05, 0.1) is 27.2 Å². The summed E-state index contributed by atoms with van der Waals surface area (Å²) in [6, 6.07) is 13.8. The van der Waals surface area contributed by atoms with Gasteiger partial charge in [0, 0.05) is 38.3 Å². The van der Waals surface area contributed by atoms with E-state index < -0.39 is 0 Å². The number of carbonyl (C=O) groups excluding carboxylic acids is 1. The molecule has 156 valence electrons. The first-order valence-electron chi connectivity index (χ1n) is 10.1. The van der Waals surface area contributed by atoms with Crippen molar-refractivity contribution in [3.05, 3.63) is 53.6 Å².